The highest BCUT2D eigenvalue weighted by atomic mass is 16.5. The summed E-state index contributed by atoms with van der Waals surface area (Å²) in [5.74, 6) is 1.01. The molecule has 6 nitrogen and oxygen atoms in total. The summed E-state index contributed by atoms with van der Waals surface area (Å²) < 4.78 is 5.12. The fourth-order valence-corrected chi connectivity index (χ4v) is 2.79. The molecule has 4 rings (SSSR count). The molecule has 26 heavy (non-hydrogen) atoms. The molecule has 0 aliphatic heterocycles. The Morgan fingerprint density at radius 3 is 2.46 bits per heavy atom. The van der Waals surface area contributed by atoms with E-state index in [4.69, 9.17) is 4.74 Å². The van der Waals surface area contributed by atoms with E-state index in [0.717, 1.165) is 16.5 Å². The second kappa shape index (κ2) is 6.68. The van der Waals surface area contributed by atoms with Crippen molar-refractivity contribution in [3.05, 3.63) is 77.1 Å². The molecule has 0 fully saturated rings. The summed E-state index contributed by atoms with van der Waals surface area (Å²) in [6.45, 7) is 0. The van der Waals surface area contributed by atoms with E-state index < -0.39 is 0 Å². The first-order chi connectivity index (χ1) is 12.7. The molecule has 0 spiro atoms. The minimum Gasteiger partial charge on any atom is -0.497 e. The highest BCUT2D eigenvalue weighted by Gasteiger charge is 2.09. The summed E-state index contributed by atoms with van der Waals surface area (Å²) in [5, 5.41) is 13.5. The second-order valence-electron chi connectivity index (χ2n) is 5.73. The van der Waals surface area contributed by atoms with Crippen molar-refractivity contribution in [1.29, 1.82) is 0 Å². The van der Waals surface area contributed by atoms with Crippen LogP contribution in [0, 0.1) is 0 Å². The Hall–Kier alpha value is -3.67. The minimum absolute atomic E-state index is 0.260. The summed E-state index contributed by atoms with van der Waals surface area (Å²) in [5.41, 5.74) is 1.48. The lowest BCUT2D eigenvalue weighted by Crippen LogP contribution is -2.15. The molecule has 0 bridgehead atoms. The Balaban J connectivity index is 1.66. The molecule has 0 radical (unpaired) electrons. The van der Waals surface area contributed by atoms with Gasteiger partial charge in [-0.15, -0.1) is 10.2 Å². The second-order valence-corrected chi connectivity index (χ2v) is 5.73. The summed E-state index contributed by atoms with van der Waals surface area (Å²) >= 11 is 0. The van der Waals surface area contributed by atoms with Gasteiger partial charge in [0.1, 0.15) is 5.75 Å². The van der Waals surface area contributed by atoms with E-state index in [1.165, 1.54) is 0 Å². The highest BCUT2D eigenvalue weighted by molar-refractivity contribution is 5.94. The van der Waals surface area contributed by atoms with E-state index in [1.54, 1.807) is 31.4 Å². The number of methoxy groups -OCH3 is 1. The van der Waals surface area contributed by atoms with Gasteiger partial charge in [-0.05, 0) is 35.7 Å². The van der Waals surface area contributed by atoms with Crippen LogP contribution in [0.3, 0.4) is 0 Å². The summed E-state index contributed by atoms with van der Waals surface area (Å²) in [7, 11) is 1.59. The van der Waals surface area contributed by atoms with E-state index in [2.05, 4.69) is 20.5 Å². The van der Waals surface area contributed by atoms with Crippen molar-refractivity contribution in [1.82, 2.24) is 15.2 Å². The lowest BCUT2D eigenvalue weighted by Gasteiger charge is -2.09. The van der Waals surface area contributed by atoms with Crippen molar-refractivity contribution < 1.29 is 4.74 Å². The van der Waals surface area contributed by atoms with E-state index in [0.29, 0.717) is 17.3 Å². The third-order valence-electron chi connectivity index (χ3n) is 4.10. The van der Waals surface area contributed by atoms with Crippen LogP contribution in [0.25, 0.3) is 22.0 Å². The maximum Gasteiger partial charge on any atom is 0.279 e. The van der Waals surface area contributed by atoms with E-state index >= 15 is 0 Å². The van der Waals surface area contributed by atoms with Gasteiger partial charge in [-0.1, -0.05) is 36.4 Å². The van der Waals surface area contributed by atoms with Gasteiger partial charge in [-0.25, -0.2) is 0 Å². The van der Waals surface area contributed by atoms with E-state index in [9.17, 15) is 4.79 Å². The van der Waals surface area contributed by atoms with E-state index in [1.807, 2.05) is 42.5 Å². The van der Waals surface area contributed by atoms with Gasteiger partial charge < -0.3 is 10.1 Å². The standard InChI is InChI=1S/C20H16N4O2/c1-26-15-11-9-14(10-12-15)18-19(25)22-20(24-23-18)21-17-8-4-6-13-5-2-3-7-16(13)17/h2-12H,1H3,(H2,21,22,24,25). The number of H-pyrrole nitrogens is 1. The van der Waals surface area contributed by atoms with Crippen molar-refractivity contribution in [2.75, 3.05) is 12.4 Å². The molecule has 2 N–H and O–H groups in total. The highest BCUT2D eigenvalue weighted by Crippen LogP contribution is 2.25. The first-order valence-electron chi connectivity index (χ1n) is 8.11. The average Bonchev–Trinajstić information content (AvgIpc) is 2.69. The number of fused-ring (bicyclic) bond motifs is 1. The minimum atomic E-state index is -0.312. The van der Waals surface area contributed by atoms with Crippen molar-refractivity contribution in [2.24, 2.45) is 0 Å². The van der Waals surface area contributed by atoms with Crippen LogP contribution in [-0.4, -0.2) is 22.3 Å². The molecule has 0 unspecified atom stereocenters. The Kier molecular flexibility index (Phi) is 4.07. The lowest BCUT2D eigenvalue weighted by molar-refractivity contribution is 0.415. The number of aromatic nitrogens is 3. The first-order valence-corrected chi connectivity index (χ1v) is 8.11. The zero-order valence-electron chi connectivity index (χ0n) is 14.1. The van der Waals surface area contributed by atoms with Crippen LogP contribution < -0.4 is 15.6 Å². The molecule has 0 aliphatic carbocycles. The molecule has 1 aromatic heterocycles. The number of ether oxygens (including phenoxy) is 1. The molecule has 6 heteroatoms. The Morgan fingerprint density at radius 1 is 0.923 bits per heavy atom. The Morgan fingerprint density at radius 2 is 1.69 bits per heavy atom. The Labute approximate surface area is 149 Å². The molecule has 0 saturated carbocycles. The molecule has 0 saturated heterocycles. The fraction of sp³-hybridized carbons (Fsp3) is 0.0500. The Bertz CT molecular complexity index is 1120. The number of hydrogen-bond donors (Lipinski definition) is 2. The van der Waals surface area contributed by atoms with Crippen molar-refractivity contribution >= 4 is 22.4 Å². The summed E-state index contributed by atoms with van der Waals surface area (Å²) in [6.07, 6.45) is 0. The van der Waals surface area contributed by atoms with Gasteiger partial charge in [0.15, 0.2) is 5.69 Å². The largest absolute Gasteiger partial charge is 0.497 e. The average molecular weight is 344 g/mol. The molecular weight excluding hydrogens is 328 g/mol. The predicted molar refractivity (Wildman–Crippen MR) is 102 cm³/mol. The number of aromatic amines is 1. The third-order valence-corrected chi connectivity index (χ3v) is 4.10. The molecule has 3 aromatic carbocycles. The smallest absolute Gasteiger partial charge is 0.279 e. The van der Waals surface area contributed by atoms with Gasteiger partial charge in [0.25, 0.3) is 5.56 Å². The number of rotatable bonds is 4. The zero-order chi connectivity index (χ0) is 17.9. The van der Waals surface area contributed by atoms with Gasteiger partial charge >= 0.3 is 0 Å². The van der Waals surface area contributed by atoms with E-state index in [-0.39, 0.29) is 11.3 Å². The van der Waals surface area contributed by atoms with Gasteiger partial charge in [0.05, 0.1) is 7.11 Å². The van der Waals surface area contributed by atoms with Crippen molar-refractivity contribution in [2.45, 2.75) is 0 Å². The lowest BCUT2D eigenvalue weighted by atomic mass is 10.1. The SMILES string of the molecule is COc1ccc(-c2nnc(Nc3cccc4ccccc34)[nH]c2=O)cc1. The van der Waals surface area contributed by atoms with Crippen LogP contribution in [0.1, 0.15) is 0 Å². The van der Waals surface area contributed by atoms with Crippen LogP contribution in [0.5, 0.6) is 5.75 Å². The number of benzene rings is 3. The van der Waals surface area contributed by atoms with Crippen molar-refractivity contribution in [3.63, 3.8) is 0 Å². The fourth-order valence-electron chi connectivity index (χ4n) is 2.79. The van der Waals surface area contributed by atoms with Gasteiger partial charge in [0, 0.05) is 16.6 Å². The predicted octanol–water partition coefficient (Wildman–Crippen LogP) is 3.74. The number of hydrogen-bond acceptors (Lipinski definition) is 5. The third kappa shape index (κ3) is 3.00. The van der Waals surface area contributed by atoms with Gasteiger partial charge in [0.2, 0.25) is 5.95 Å². The molecule has 128 valence electrons. The molecule has 4 aromatic rings. The topological polar surface area (TPSA) is 79.9 Å². The van der Waals surface area contributed by atoms with Gasteiger partial charge in [-0.3, -0.25) is 9.78 Å². The van der Waals surface area contributed by atoms with Crippen LogP contribution in [-0.2, 0) is 0 Å². The van der Waals surface area contributed by atoms with Crippen LogP contribution >= 0.6 is 0 Å². The summed E-state index contributed by atoms with van der Waals surface area (Å²) in [6, 6.07) is 21.0. The quantitative estimate of drug-likeness (QED) is 0.589. The molecule has 1 heterocycles. The first kappa shape index (κ1) is 15.8. The van der Waals surface area contributed by atoms with Gasteiger partial charge in [-0.2, -0.15) is 0 Å². The molecular formula is C20H16N4O2. The number of anilines is 2. The maximum atomic E-state index is 12.4. The molecule has 0 atom stereocenters. The van der Waals surface area contributed by atoms with Crippen molar-refractivity contribution in [3.8, 4) is 17.0 Å². The van der Waals surface area contributed by atoms with Crippen LogP contribution in [0.15, 0.2) is 71.5 Å². The zero-order valence-corrected chi connectivity index (χ0v) is 14.1. The monoisotopic (exact) mass is 344 g/mol. The molecule has 0 amide bonds. The number of nitrogens with zero attached hydrogens (tertiary/aromatic N) is 2. The maximum absolute atomic E-state index is 12.4. The summed E-state index contributed by atoms with van der Waals surface area (Å²) in [4.78, 5) is 15.2. The van der Waals surface area contributed by atoms with Crippen LogP contribution in [0.4, 0.5) is 11.6 Å². The normalized spacial score (nSPS) is 10.7. The number of nitrogens with one attached hydrogen (secondary N) is 2. The molecule has 0 aliphatic rings. The van der Waals surface area contributed by atoms with Crippen LogP contribution in [0.2, 0.25) is 0 Å².